The van der Waals surface area contributed by atoms with E-state index in [9.17, 15) is 19.7 Å². The lowest BCUT2D eigenvalue weighted by Gasteiger charge is -2.20. The second-order valence-corrected chi connectivity index (χ2v) is 7.39. The third-order valence-corrected chi connectivity index (χ3v) is 4.23. The van der Waals surface area contributed by atoms with E-state index in [1.54, 1.807) is 0 Å². The van der Waals surface area contributed by atoms with Gasteiger partial charge in [0.1, 0.15) is 6.04 Å². The summed E-state index contributed by atoms with van der Waals surface area (Å²) in [5.41, 5.74) is 7.34. The molecule has 7 heteroatoms. The molecule has 0 saturated heterocycles. The van der Waals surface area contributed by atoms with Gasteiger partial charge in [0.2, 0.25) is 5.91 Å². The van der Waals surface area contributed by atoms with Crippen LogP contribution in [0, 0.1) is 10.1 Å². The Balaban J connectivity index is 2.14. The lowest BCUT2D eigenvalue weighted by molar-refractivity contribution is -0.384. The van der Waals surface area contributed by atoms with Crippen molar-refractivity contribution in [1.29, 1.82) is 0 Å². The SMILES string of the molecule is CC(C)(C)c1ccc(C[C@@H](NC(=O)c2cccc([N+](=O)[O-])c2)C(N)=O)cc1. The average Bonchev–Trinajstić information content (AvgIpc) is 2.60. The van der Waals surface area contributed by atoms with E-state index < -0.39 is 22.8 Å². The van der Waals surface area contributed by atoms with E-state index in [-0.39, 0.29) is 23.1 Å². The predicted octanol–water partition coefficient (Wildman–Crippen LogP) is 2.72. The summed E-state index contributed by atoms with van der Waals surface area (Å²) in [6.45, 7) is 6.31. The Morgan fingerprint density at radius 3 is 2.30 bits per heavy atom. The summed E-state index contributed by atoms with van der Waals surface area (Å²) in [5.74, 6) is -1.26. The van der Waals surface area contributed by atoms with Crippen molar-refractivity contribution in [3.8, 4) is 0 Å². The number of nitrogens with one attached hydrogen (secondary N) is 1. The molecule has 7 nitrogen and oxygen atoms in total. The minimum atomic E-state index is -0.919. The standard InChI is InChI=1S/C20H23N3O4/c1-20(2,3)15-9-7-13(8-10-15)11-17(18(21)24)22-19(25)14-5-4-6-16(12-14)23(26)27/h4-10,12,17H,11H2,1-3H3,(H2,21,24)(H,22,25)/t17-/m1/s1. The maximum absolute atomic E-state index is 12.4. The number of carbonyl (C=O) groups is 2. The highest BCUT2D eigenvalue weighted by atomic mass is 16.6. The summed E-state index contributed by atoms with van der Waals surface area (Å²) < 4.78 is 0. The lowest BCUT2D eigenvalue weighted by atomic mass is 9.86. The lowest BCUT2D eigenvalue weighted by Crippen LogP contribution is -2.45. The van der Waals surface area contributed by atoms with Crippen LogP contribution < -0.4 is 11.1 Å². The molecule has 0 aliphatic carbocycles. The van der Waals surface area contributed by atoms with Crippen LogP contribution in [0.4, 0.5) is 5.69 Å². The number of hydrogen-bond acceptors (Lipinski definition) is 4. The number of primary amides is 1. The summed E-state index contributed by atoms with van der Waals surface area (Å²) in [6.07, 6.45) is 0.237. The first-order chi connectivity index (χ1) is 12.6. The molecule has 2 amide bonds. The molecule has 0 heterocycles. The number of nitrogens with two attached hydrogens (primary N) is 1. The molecule has 0 aromatic heterocycles. The van der Waals surface area contributed by atoms with Gasteiger partial charge in [-0.15, -0.1) is 0 Å². The van der Waals surface area contributed by atoms with E-state index in [0.717, 1.165) is 17.2 Å². The molecule has 2 rings (SSSR count). The Morgan fingerprint density at radius 1 is 1.15 bits per heavy atom. The third-order valence-electron chi connectivity index (χ3n) is 4.23. The number of non-ortho nitro benzene ring substituents is 1. The van der Waals surface area contributed by atoms with Crippen molar-refractivity contribution in [2.45, 2.75) is 38.6 Å². The Morgan fingerprint density at radius 2 is 1.78 bits per heavy atom. The second-order valence-electron chi connectivity index (χ2n) is 7.39. The van der Waals surface area contributed by atoms with Crippen molar-refractivity contribution < 1.29 is 14.5 Å². The molecule has 0 unspecified atom stereocenters. The largest absolute Gasteiger partial charge is 0.368 e. The molecule has 0 aliphatic rings. The molecule has 142 valence electrons. The Kier molecular flexibility index (Phi) is 5.95. The molecule has 3 N–H and O–H groups in total. The average molecular weight is 369 g/mol. The van der Waals surface area contributed by atoms with E-state index >= 15 is 0 Å². The smallest absolute Gasteiger partial charge is 0.270 e. The van der Waals surface area contributed by atoms with E-state index in [0.29, 0.717) is 0 Å². The fourth-order valence-electron chi connectivity index (χ4n) is 2.60. The molecule has 0 radical (unpaired) electrons. The molecule has 0 bridgehead atoms. The minimum Gasteiger partial charge on any atom is -0.368 e. The van der Waals surface area contributed by atoms with Gasteiger partial charge in [0.05, 0.1) is 4.92 Å². The van der Waals surface area contributed by atoms with E-state index in [1.165, 1.54) is 18.2 Å². The van der Waals surface area contributed by atoms with E-state index in [1.807, 2.05) is 24.3 Å². The molecule has 0 fully saturated rings. The van der Waals surface area contributed by atoms with Crippen LogP contribution in [0.15, 0.2) is 48.5 Å². The first-order valence-corrected chi connectivity index (χ1v) is 8.52. The van der Waals surface area contributed by atoms with Crippen molar-refractivity contribution in [2.24, 2.45) is 5.73 Å². The highest BCUT2D eigenvalue weighted by molar-refractivity contribution is 5.97. The Hall–Kier alpha value is -3.22. The van der Waals surface area contributed by atoms with Crippen LogP contribution in [0.25, 0.3) is 0 Å². The predicted molar refractivity (Wildman–Crippen MR) is 102 cm³/mol. The van der Waals surface area contributed by atoms with Gasteiger partial charge in [0.15, 0.2) is 0 Å². The molecule has 2 aromatic rings. The first-order valence-electron chi connectivity index (χ1n) is 8.52. The fourth-order valence-corrected chi connectivity index (χ4v) is 2.60. The molecule has 2 aromatic carbocycles. The number of hydrogen-bond donors (Lipinski definition) is 2. The van der Waals surface area contributed by atoms with Crippen LogP contribution in [0.3, 0.4) is 0 Å². The maximum atomic E-state index is 12.4. The van der Waals surface area contributed by atoms with Gasteiger partial charge in [-0.1, -0.05) is 51.1 Å². The summed E-state index contributed by atoms with van der Waals surface area (Å²) in [4.78, 5) is 34.4. The van der Waals surface area contributed by atoms with Gasteiger partial charge >= 0.3 is 0 Å². The monoisotopic (exact) mass is 369 g/mol. The number of amides is 2. The summed E-state index contributed by atoms with van der Waals surface area (Å²) in [6, 6.07) is 12.1. The van der Waals surface area contributed by atoms with Gasteiger partial charge in [-0.05, 0) is 22.6 Å². The summed E-state index contributed by atoms with van der Waals surface area (Å²) in [5, 5.41) is 13.4. The van der Waals surface area contributed by atoms with Crippen molar-refractivity contribution >= 4 is 17.5 Å². The number of carbonyl (C=O) groups excluding carboxylic acids is 2. The number of nitro groups is 1. The molecule has 27 heavy (non-hydrogen) atoms. The molecule has 0 saturated carbocycles. The third kappa shape index (κ3) is 5.37. The van der Waals surface area contributed by atoms with Crippen LogP contribution in [0.1, 0.15) is 42.3 Å². The minimum absolute atomic E-state index is 0.0118. The van der Waals surface area contributed by atoms with Gasteiger partial charge in [0.25, 0.3) is 11.6 Å². The van der Waals surface area contributed by atoms with Crippen molar-refractivity contribution in [3.05, 3.63) is 75.3 Å². The van der Waals surface area contributed by atoms with Crippen molar-refractivity contribution in [2.75, 3.05) is 0 Å². The molecule has 0 spiro atoms. The molecular formula is C20H23N3O4. The number of nitro benzene ring substituents is 1. The Labute approximate surface area is 157 Å². The zero-order chi connectivity index (χ0) is 20.2. The van der Waals surface area contributed by atoms with Crippen LogP contribution in [-0.4, -0.2) is 22.8 Å². The quantitative estimate of drug-likeness (QED) is 0.601. The van der Waals surface area contributed by atoms with Crippen molar-refractivity contribution in [3.63, 3.8) is 0 Å². The van der Waals surface area contributed by atoms with E-state index in [4.69, 9.17) is 5.73 Å². The van der Waals surface area contributed by atoms with Crippen LogP contribution >= 0.6 is 0 Å². The number of benzene rings is 2. The summed E-state index contributed by atoms with van der Waals surface area (Å²) >= 11 is 0. The van der Waals surface area contributed by atoms with Gasteiger partial charge < -0.3 is 11.1 Å². The number of nitrogens with zero attached hydrogens (tertiary/aromatic N) is 1. The molecule has 1 atom stereocenters. The van der Waals surface area contributed by atoms with Crippen LogP contribution in [0.5, 0.6) is 0 Å². The van der Waals surface area contributed by atoms with Gasteiger partial charge in [0, 0.05) is 24.1 Å². The van der Waals surface area contributed by atoms with E-state index in [2.05, 4.69) is 26.1 Å². The zero-order valence-electron chi connectivity index (χ0n) is 15.6. The van der Waals surface area contributed by atoms with Crippen molar-refractivity contribution in [1.82, 2.24) is 5.32 Å². The Bertz CT molecular complexity index is 854. The maximum Gasteiger partial charge on any atom is 0.270 e. The van der Waals surface area contributed by atoms with Crippen LogP contribution in [-0.2, 0) is 16.6 Å². The molecular weight excluding hydrogens is 346 g/mol. The van der Waals surface area contributed by atoms with Crippen LogP contribution in [0.2, 0.25) is 0 Å². The zero-order valence-corrected chi connectivity index (χ0v) is 15.6. The first kappa shape index (κ1) is 20.1. The molecule has 0 aliphatic heterocycles. The summed E-state index contributed by atoms with van der Waals surface area (Å²) in [7, 11) is 0. The topological polar surface area (TPSA) is 115 Å². The normalized spacial score (nSPS) is 12.3. The van der Waals surface area contributed by atoms with Gasteiger partial charge in [-0.3, -0.25) is 19.7 Å². The van der Waals surface area contributed by atoms with Gasteiger partial charge in [-0.2, -0.15) is 0 Å². The second kappa shape index (κ2) is 7.99. The highest BCUT2D eigenvalue weighted by Crippen LogP contribution is 2.22. The van der Waals surface area contributed by atoms with Gasteiger partial charge in [-0.25, -0.2) is 0 Å². The highest BCUT2D eigenvalue weighted by Gasteiger charge is 2.21. The number of rotatable bonds is 6. The fraction of sp³-hybridized carbons (Fsp3) is 0.300.